The Labute approximate surface area is 166 Å². The van der Waals surface area contributed by atoms with E-state index in [-0.39, 0.29) is 5.75 Å². The molecule has 0 fully saturated rings. The Balaban J connectivity index is 1.93. The van der Waals surface area contributed by atoms with Gasteiger partial charge in [-0.3, -0.25) is 4.79 Å². The van der Waals surface area contributed by atoms with Crippen molar-refractivity contribution in [2.24, 2.45) is 0 Å². The average molecular weight is 394 g/mol. The molecular formula is C22H16F2N2O3. The maximum atomic E-state index is 12.8. The van der Waals surface area contributed by atoms with Crippen LogP contribution in [0.5, 0.6) is 11.5 Å². The lowest BCUT2D eigenvalue weighted by Gasteiger charge is -2.14. The summed E-state index contributed by atoms with van der Waals surface area (Å²) in [6.45, 7) is -2.99. The molecule has 0 aliphatic rings. The molecule has 0 saturated heterocycles. The number of nitrogens with one attached hydrogen (secondary N) is 1. The number of anilines is 1. The Hall–Kier alpha value is -3.92. The molecule has 0 spiro atoms. The van der Waals surface area contributed by atoms with Gasteiger partial charge in [0.2, 0.25) is 0 Å². The topological polar surface area (TPSA) is 71.3 Å². The Morgan fingerprint density at radius 2 is 1.83 bits per heavy atom. The van der Waals surface area contributed by atoms with E-state index in [0.29, 0.717) is 33.7 Å². The lowest BCUT2D eigenvalue weighted by molar-refractivity contribution is -0.0494. The van der Waals surface area contributed by atoms with Crippen molar-refractivity contribution in [3.8, 4) is 28.7 Å². The second kappa shape index (κ2) is 8.85. The number of methoxy groups -OCH3 is 1. The number of nitriles is 1. The van der Waals surface area contributed by atoms with Gasteiger partial charge >= 0.3 is 6.61 Å². The number of hydrogen-bond donors (Lipinski definition) is 1. The third-order valence-corrected chi connectivity index (χ3v) is 4.11. The first-order valence-corrected chi connectivity index (χ1v) is 8.55. The van der Waals surface area contributed by atoms with Crippen LogP contribution in [0.25, 0.3) is 11.1 Å². The predicted octanol–water partition coefficient (Wildman–Crippen LogP) is 5.09. The highest BCUT2D eigenvalue weighted by Crippen LogP contribution is 2.34. The van der Waals surface area contributed by atoms with Gasteiger partial charge in [0.15, 0.2) is 0 Å². The third kappa shape index (κ3) is 4.87. The fourth-order valence-electron chi connectivity index (χ4n) is 2.74. The van der Waals surface area contributed by atoms with Gasteiger partial charge in [0, 0.05) is 16.8 Å². The number of alkyl halides is 2. The molecule has 0 heterocycles. The van der Waals surface area contributed by atoms with Gasteiger partial charge in [-0.05, 0) is 54.1 Å². The number of carbonyl (C=O) groups is 1. The zero-order valence-corrected chi connectivity index (χ0v) is 15.4. The van der Waals surface area contributed by atoms with Crippen molar-refractivity contribution < 1.29 is 23.0 Å². The summed E-state index contributed by atoms with van der Waals surface area (Å²) in [4.78, 5) is 12.5. The van der Waals surface area contributed by atoms with Gasteiger partial charge in [-0.25, -0.2) is 0 Å². The van der Waals surface area contributed by atoms with E-state index in [0.717, 1.165) is 0 Å². The summed E-state index contributed by atoms with van der Waals surface area (Å²) < 4.78 is 35.3. The van der Waals surface area contributed by atoms with E-state index >= 15 is 0 Å². The minimum Gasteiger partial charge on any atom is -0.497 e. The normalized spacial score (nSPS) is 10.3. The number of carbonyl (C=O) groups excluding carboxylic acids is 1. The quantitative estimate of drug-likeness (QED) is 0.632. The van der Waals surface area contributed by atoms with Crippen LogP contribution in [-0.4, -0.2) is 19.6 Å². The molecule has 5 nitrogen and oxygen atoms in total. The van der Waals surface area contributed by atoms with E-state index in [1.54, 1.807) is 48.5 Å². The summed E-state index contributed by atoms with van der Waals surface area (Å²) in [7, 11) is 1.53. The smallest absolute Gasteiger partial charge is 0.387 e. The molecule has 0 aromatic heterocycles. The Morgan fingerprint density at radius 1 is 1.07 bits per heavy atom. The van der Waals surface area contributed by atoms with Gasteiger partial charge in [-0.2, -0.15) is 14.0 Å². The van der Waals surface area contributed by atoms with Crippen LogP contribution in [0.3, 0.4) is 0 Å². The van der Waals surface area contributed by atoms with Gasteiger partial charge in [0.25, 0.3) is 5.91 Å². The summed E-state index contributed by atoms with van der Waals surface area (Å²) in [6, 6.07) is 19.4. The first-order valence-electron chi connectivity index (χ1n) is 8.55. The molecule has 0 bridgehead atoms. The minimum atomic E-state index is -2.99. The predicted molar refractivity (Wildman–Crippen MR) is 104 cm³/mol. The molecule has 0 radical (unpaired) electrons. The van der Waals surface area contributed by atoms with Gasteiger partial charge in [-0.15, -0.1) is 0 Å². The largest absolute Gasteiger partial charge is 0.497 e. The Morgan fingerprint density at radius 3 is 2.48 bits per heavy atom. The first kappa shape index (κ1) is 19.8. The van der Waals surface area contributed by atoms with Crippen molar-refractivity contribution in [2.75, 3.05) is 12.4 Å². The molecule has 3 aromatic rings. The van der Waals surface area contributed by atoms with Crippen molar-refractivity contribution in [2.45, 2.75) is 6.61 Å². The number of amides is 1. The van der Waals surface area contributed by atoms with Gasteiger partial charge in [0.1, 0.15) is 11.5 Å². The molecule has 0 unspecified atom stereocenters. The van der Waals surface area contributed by atoms with Crippen molar-refractivity contribution in [3.05, 3.63) is 77.9 Å². The van der Waals surface area contributed by atoms with Crippen LogP contribution in [0.4, 0.5) is 14.5 Å². The van der Waals surface area contributed by atoms with Crippen LogP contribution in [0, 0.1) is 11.3 Å². The number of hydrogen-bond acceptors (Lipinski definition) is 4. The molecule has 0 aliphatic heterocycles. The van der Waals surface area contributed by atoms with E-state index in [9.17, 15) is 13.6 Å². The molecule has 3 rings (SSSR count). The maximum Gasteiger partial charge on any atom is 0.387 e. The maximum absolute atomic E-state index is 12.8. The summed E-state index contributed by atoms with van der Waals surface area (Å²) in [5.74, 6) is 0.173. The standard InChI is InChI=1S/C22H16F2N2O3/c1-28-18-8-5-15(6-9-18)19-12-17(7-10-20(19)29-22(23)24)26-21(27)16-4-2-3-14(11-16)13-25/h2-12,22H,1H3,(H,26,27). The zero-order valence-electron chi connectivity index (χ0n) is 15.4. The summed E-state index contributed by atoms with van der Waals surface area (Å²) in [5, 5.41) is 11.7. The van der Waals surface area contributed by atoms with E-state index in [1.165, 1.54) is 25.3 Å². The number of halogens is 2. The van der Waals surface area contributed by atoms with Crippen LogP contribution in [-0.2, 0) is 0 Å². The molecule has 7 heteroatoms. The van der Waals surface area contributed by atoms with Crippen LogP contribution >= 0.6 is 0 Å². The van der Waals surface area contributed by atoms with Crippen molar-refractivity contribution in [1.82, 2.24) is 0 Å². The van der Waals surface area contributed by atoms with Crippen LogP contribution in [0.15, 0.2) is 66.7 Å². The fourth-order valence-corrected chi connectivity index (χ4v) is 2.74. The highest BCUT2D eigenvalue weighted by atomic mass is 19.3. The monoisotopic (exact) mass is 394 g/mol. The van der Waals surface area contributed by atoms with E-state index in [1.807, 2.05) is 6.07 Å². The number of rotatable bonds is 6. The van der Waals surface area contributed by atoms with Crippen molar-refractivity contribution in [3.63, 3.8) is 0 Å². The summed E-state index contributed by atoms with van der Waals surface area (Å²) >= 11 is 0. The average Bonchev–Trinajstić information content (AvgIpc) is 2.74. The third-order valence-electron chi connectivity index (χ3n) is 4.11. The molecule has 1 amide bonds. The molecule has 3 aromatic carbocycles. The van der Waals surface area contributed by atoms with Crippen LogP contribution < -0.4 is 14.8 Å². The fraction of sp³-hybridized carbons (Fsp3) is 0.0909. The number of benzene rings is 3. The molecule has 146 valence electrons. The van der Waals surface area contributed by atoms with Crippen LogP contribution in [0.1, 0.15) is 15.9 Å². The zero-order chi connectivity index (χ0) is 20.8. The number of ether oxygens (including phenoxy) is 2. The van der Waals surface area contributed by atoms with Gasteiger partial charge < -0.3 is 14.8 Å². The van der Waals surface area contributed by atoms with Gasteiger partial charge in [0.05, 0.1) is 18.7 Å². The minimum absolute atomic E-state index is 0.0188. The van der Waals surface area contributed by atoms with Crippen molar-refractivity contribution >= 4 is 11.6 Å². The lowest BCUT2D eigenvalue weighted by atomic mass is 10.0. The highest BCUT2D eigenvalue weighted by molar-refractivity contribution is 6.04. The summed E-state index contributed by atoms with van der Waals surface area (Å²) in [6.07, 6.45) is 0. The van der Waals surface area contributed by atoms with E-state index in [2.05, 4.69) is 10.1 Å². The first-order chi connectivity index (χ1) is 14.0. The molecule has 29 heavy (non-hydrogen) atoms. The number of nitrogens with zero attached hydrogens (tertiary/aromatic N) is 1. The molecule has 1 N–H and O–H groups in total. The molecular weight excluding hydrogens is 378 g/mol. The van der Waals surface area contributed by atoms with Gasteiger partial charge in [-0.1, -0.05) is 18.2 Å². The molecule has 0 atom stereocenters. The van der Waals surface area contributed by atoms with Crippen molar-refractivity contribution in [1.29, 1.82) is 5.26 Å². The molecule has 0 aliphatic carbocycles. The van der Waals surface area contributed by atoms with Crippen LogP contribution in [0.2, 0.25) is 0 Å². The SMILES string of the molecule is COc1ccc(-c2cc(NC(=O)c3cccc(C#N)c3)ccc2OC(F)F)cc1. The van der Waals surface area contributed by atoms with E-state index in [4.69, 9.17) is 10.00 Å². The summed E-state index contributed by atoms with van der Waals surface area (Å²) in [5.41, 5.74) is 2.06. The Kier molecular flexibility index (Phi) is 6.05. The lowest BCUT2D eigenvalue weighted by Crippen LogP contribution is -2.12. The van der Waals surface area contributed by atoms with E-state index < -0.39 is 12.5 Å². The highest BCUT2D eigenvalue weighted by Gasteiger charge is 2.14. The second-order valence-electron chi connectivity index (χ2n) is 5.96. The molecule has 0 saturated carbocycles. The Bertz CT molecular complexity index is 1060. The second-order valence-corrected chi connectivity index (χ2v) is 5.96.